The van der Waals surface area contributed by atoms with Gasteiger partial charge in [0.15, 0.2) is 5.78 Å². The fraction of sp³-hybridized carbons (Fsp3) is 0.368. The van der Waals surface area contributed by atoms with Crippen LogP contribution >= 0.6 is 0 Å². The van der Waals surface area contributed by atoms with Crippen molar-refractivity contribution in [2.24, 2.45) is 0 Å². The van der Waals surface area contributed by atoms with Gasteiger partial charge in [0.1, 0.15) is 17.3 Å². The van der Waals surface area contributed by atoms with Crippen LogP contribution in [0.5, 0.6) is 5.75 Å². The number of unbranched alkanes of at least 4 members (excludes halogenated alkanes) is 1. The van der Waals surface area contributed by atoms with Gasteiger partial charge in [-0.05, 0) is 63.4 Å². The monoisotopic (exact) mass is 346 g/mol. The third-order valence-electron chi connectivity index (χ3n) is 3.96. The maximum Gasteiger partial charge on any atom is 0.268 e. The zero-order valence-electron chi connectivity index (χ0n) is 14.7. The van der Waals surface area contributed by atoms with Gasteiger partial charge in [-0.2, -0.15) is 0 Å². The van der Waals surface area contributed by atoms with Crippen LogP contribution in [0.2, 0.25) is 0 Å². The first-order valence-electron chi connectivity index (χ1n) is 8.26. The van der Waals surface area contributed by atoms with Crippen LogP contribution in [-0.4, -0.2) is 29.8 Å². The molecule has 2 rings (SSSR count). The number of amides is 1. The molecule has 0 radical (unpaired) electrons. The molecule has 0 unspecified atom stereocenters. The summed E-state index contributed by atoms with van der Waals surface area (Å²) in [4.78, 5) is 26.8. The minimum atomic E-state index is -0.294. The van der Waals surface area contributed by atoms with Gasteiger partial charge in [0.2, 0.25) is 0 Å². The number of hydrogen-bond donors (Lipinski definition) is 2. The van der Waals surface area contributed by atoms with E-state index in [1.54, 1.807) is 26.0 Å². The molecule has 0 aliphatic carbocycles. The van der Waals surface area contributed by atoms with Gasteiger partial charge in [-0.25, -0.2) is 4.39 Å². The van der Waals surface area contributed by atoms with Gasteiger partial charge in [-0.3, -0.25) is 9.59 Å². The summed E-state index contributed by atoms with van der Waals surface area (Å²) in [6, 6.07) is 5.87. The van der Waals surface area contributed by atoms with Gasteiger partial charge in [0.05, 0.1) is 6.61 Å². The molecule has 6 heteroatoms. The lowest BCUT2D eigenvalue weighted by Crippen LogP contribution is -2.25. The van der Waals surface area contributed by atoms with Crippen molar-refractivity contribution in [2.75, 3.05) is 13.2 Å². The summed E-state index contributed by atoms with van der Waals surface area (Å²) in [6.07, 6.45) is 1.52. The van der Waals surface area contributed by atoms with Crippen LogP contribution in [0.1, 0.15) is 51.9 Å². The van der Waals surface area contributed by atoms with Crippen molar-refractivity contribution in [2.45, 2.75) is 33.6 Å². The molecule has 5 nitrogen and oxygen atoms in total. The summed E-state index contributed by atoms with van der Waals surface area (Å²) < 4.78 is 18.3. The average Bonchev–Trinajstić information content (AvgIpc) is 2.87. The van der Waals surface area contributed by atoms with Crippen LogP contribution in [0.15, 0.2) is 24.3 Å². The number of aryl methyl sites for hydroxylation is 1. The molecule has 25 heavy (non-hydrogen) atoms. The number of benzene rings is 1. The summed E-state index contributed by atoms with van der Waals surface area (Å²) >= 11 is 0. The number of halogens is 1. The van der Waals surface area contributed by atoms with Crippen molar-refractivity contribution in [3.8, 4) is 5.75 Å². The standard InChI is InChI=1S/C19H23FN2O3/c1-12-17(14(3)23)13(2)22-18(12)19(24)21-10-4-5-11-25-16-8-6-15(20)7-9-16/h6-9,22H,4-5,10-11H2,1-3H3,(H,21,24). The zero-order chi connectivity index (χ0) is 18.4. The molecule has 0 atom stereocenters. The maximum atomic E-state index is 12.8. The molecule has 0 bridgehead atoms. The predicted octanol–water partition coefficient (Wildman–Crippen LogP) is 3.56. The molecular weight excluding hydrogens is 323 g/mol. The topological polar surface area (TPSA) is 71.2 Å². The Labute approximate surface area is 146 Å². The van der Waals surface area contributed by atoms with Gasteiger partial charge in [0.25, 0.3) is 5.91 Å². The van der Waals surface area contributed by atoms with Crippen LogP contribution in [0.25, 0.3) is 0 Å². The number of ketones is 1. The Bertz CT molecular complexity index is 751. The third kappa shape index (κ3) is 4.92. The normalized spacial score (nSPS) is 10.6. The summed E-state index contributed by atoms with van der Waals surface area (Å²) in [5.41, 5.74) is 2.41. The Morgan fingerprint density at radius 3 is 2.44 bits per heavy atom. The molecule has 0 spiro atoms. The molecule has 2 N–H and O–H groups in total. The van der Waals surface area contributed by atoms with Crippen LogP contribution in [0.4, 0.5) is 4.39 Å². The first kappa shape index (κ1) is 18.7. The molecule has 1 amide bonds. The Kier molecular flexibility index (Phi) is 6.33. The van der Waals surface area contributed by atoms with E-state index >= 15 is 0 Å². The summed E-state index contributed by atoms with van der Waals surface area (Å²) in [6.45, 7) is 6.06. The molecule has 0 saturated carbocycles. The van der Waals surface area contributed by atoms with E-state index in [0.717, 1.165) is 12.8 Å². The molecule has 0 aliphatic rings. The van der Waals surface area contributed by atoms with E-state index in [4.69, 9.17) is 4.74 Å². The molecule has 2 aromatic rings. The van der Waals surface area contributed by atoms with Gasteiger partial charge in [0, 0.05) is 17.8 Å². The van der Waals surface area contributed by atoms with E-state index in [9.17, 15) is 14.0 Å². The van der Waals surface area contributed by atoms with Crippen LogP contribution in [0, 0.1) is 19.7 Å². The van der Waals surface area contributed by atoms with Crippen LogP contribution in [0.3, 0.4) is 0 Å². The lowest BCUT2D eigenvalue weighted by Gasteiger charge is -2.07. The summed E-state index contributed by atoms with van der Waals surface area (Å²) in [7, 11) is 0. The van der Waals surface area contributed by atoms with Gasteiger partial charge in [-0.1, -0.05) is 0 Å². The average molecular weight is 346 g/mol. The van der Waals surface area contributed by atoms with E-state index < -0.39 is 0 Å². The van der Waals surface area contributed by atoms with Crippen molar-refractivity contribution in [1.29, 1.82) is 0 Å². The van der Waals surface area contributed by atoms with Crippen molar-refractivity contribution >= 4 is 11.7 Å². The minimum absolute atomic E-state index is 0.0526. The number of rotatable bonds is 8. The highest BCUT2D eigenvalue weighted by Crippen LogP contribution is 2.18. The summed E-state index contributed by atoms with van der Waals surface area (Å²) in [5, 5.41) is 2.84. The third-order valence-corrected chi connectivity index (χ3v) is 3.96. The molecule has 0 fully saturated rings. The van der Waals surface area contributed by atoms with E-state index in [0.29, 0.717) is 41.4 Å². The van der Waals surface area contributed by atoms with Crippen molar-refractivity contribution < 1.29 is 18.7 Å². The van der Waals surface area contributed by atoms with E-state index in [-0.39, 0.29) is 17.5 Å². The SMILES string of the molecule is CC(=O)c1c(C)[nH]c(C(=O)NCCCCOc2ccc(F)cc2)c1C. The predicted molar refractivity (Wildman–Crippen MR) is 93.7 cm³/mol. The van der Waals surface area contributed by atoms with Gasteiger partial charge < -0.3 is 15.0 Å². The maximum absolute atomic E-state index is 12.8. The fourth-order valence-electron chi connectivity index (χ4n) is 2.74. The number of carbonyl (C=O) groups is 2. The number of carbonyl (C=O) groups excluding carboxylic acids is 2. The molecular formula is C19H23FN2O3. The van der Waals surface area contributed by atoms with Gasteiger partial charge in [-0.15, -0.1) is 0 Å². The van der Waals surface area contributed by atoms with Crippen molar-refractivity contribution in [3.05, 3.63) is 52.6 Å². The number of Topliss-reactive ketones (excluding diaryl/α,β-unsaturated/α-hetero) is 1. The molecule has 1 heterocycles. The Morgan fingerprint density at radius 1 is 1.16 bits per heavy atom. The lowest BCUT2D eigenvalue weighted by molar-refractivity contribution is 0.0947. The second-order valence-corrected chi connectivity index (χ2v) is 5.95. The zero-order valence-corrected chi connectivity index (χ0v) is 14.7. The molecule has 134 valence electrons. The Hall–Kier alpha value is -2.63. The number of aromatic amines is 1. The Morgan fingerprint density at radius 2 is 1.84 bits per heavy atom. The van der Waals surface area contributed by atoms with Crippen LogP contribution < -0.4 is 10.1 Å². The van der Waals surface area contributed by atoms with Crippen molar-refractivity contribution in [3.63, 3.8) is 0 Å². The molecule has 0 aliphatic heterocycles. The van der Waals surface area contributed by atoms with E-state index in [1.165, 1.54) is 19.1 Å². The number of nitrogens with one attached hydrogen (secondary N) is 2. The van der Waals surface area contributed by atoms with E-state index in [2.05, 4.69) is 10.3 Å². The largest absolute Gasteiger partial charge is 0.494 e. The fourth-order valence-corrected chi connectivity index (χ4v) is 2.74. The lowest BCUT2D eigenvalue weighted by atomic mass is 10.1. The number of aromatic nitrogens is 1. The van der Waals surface area contributed by atoms with E-state index in [1.807, 2.05) is 0 Å². The number of H-pyrrole nitrogens is 1. The first-order chi connectivity index (χ1) is 11.9. The highest BCUT2D eigenvalue weighted by atomic mass is 19.1. The number of ether oxygens (including phenoxy) is 1. The second kappa shape index (κ2) is 8.46. The smallest absolute Gasteiger partial charge is 0.268 e. The Balaban J connectivity index is 1.73. The second-order valence-electron chi connectivity index (χ2n) is 5.95. The molecule has 0 saturated heterocycles. The molecule has 1 aromatic heterocycles. The highest BCUT2D eigenvalue weighted by molar-refractivity contribution is 6.02. The van der Waals surface area contributed by atoms with Crippen LogP contribution in [-0.2, 0) is 0 Å². The quantitative estimate of drug-likeness (QED) is 0.567. The number of hydrogen-bond acceptors (Lipinski definition) is 3. The first-order valence-corrected chi connectivity index (χ1v) is 8.26. The minimum Gasteiger partial charge on any atom is -0.494 e. The highest BCUT2D eigenvalue weighted by Gasteiger charge is 2.19. The van der Waals surface area contributed by atoms with Gasteiger partial charge >= 0.3 is 0 Å². The summed E-state index contributed by atoms with van der Waals surface area (Å²) in [5.74, 6) is 0.0633. The molecule has 1 aromatic carbocycles. The van der Waals surface area contributed by atoms with Crippen molar-refractivity contribution in [1.82, 2.24) is 10.3 Å².